The number of carbonyl (C=O) groups is 1. The van der Waals surface area contributed by atoms with Gasteiger partial charge in [-0.05, 0) is 36.2 Å². The Balaban J connectivity index is 1.86. The van der Waals surface area contributed by atoms with Crippen LogP contribution in [-0.4, -0.2) is 22.6 Å². The maximum Gasteiger partial charge on any atom is 0.271 e. The van der Waals surface area contributed by atoms with Gasteiger partial charge in [-0.15, -0.1) is 10.2 Å². The van der Waals surface area contributed by atoms with Crippen molar-refractivity contribution >= 4 is 11.7 Å². The SMILES string of the molecule is Nc1ccc(C(=O)NCCc2cccc(F)c2)nn1. The molecule has 0 unspecified atom stereocenters. The number of nitrogen functional groups attached to an aromatic ring is 1. The lowest BCUT2D eigenvalue weighted by molar-refractivity contribution is 0.0948. The van der Waals surface area contributed by atoms with E-state index < -0.39 is 0 Å². The highest BCUT2D eigenvalue weighted by Crippen LogP contribution is 2.03. The van der Waals surface area contributed by atoms with Crippen LogP contribution in [0, 0.1) is 5.82 Å². The van der Waals surface area contributed by atoms with Gasteiger partial charge in [0.05, 0.1) is 0 Å². The van der Waals surface area contributed by atoms with E-state index in [1.165, 1.54) is 24.3 Å². The fraction of sp³-hybridized carbons (Fsp3) is 0.154. The smallest absolute Gasteiger partial charge is 0.271 e. The standard InChI is InChI=1S/C13H13FN4O/c14-10-3-1-2-9(8-10)6-7-16-13(19)11-4-5-12(15)18-17-11/h1-5,8H,6-7H2,(H2,15,18)(H,16,19). The molecule has 0 saturated heterocycles. The molecule has 2 aromatic rings. The number of benzene rings is 1. The molecule has 0 radical (unpaired) electrons. The molecule has 0 spiro atoms. The third kappa shape index (κ3) is 3.74. The Kier molecular flexibility index (Phi) is 4.02. The first-order valence-electron chi connectivity index (χ1n) is 5.77. The van der Waals surface area contributed by atoms with Crippen LogP contribution < -0.4 is 11.1 Å². The van der Waals surface area contributed by atoms with Crippen LogP contribution >= 0.6 is 0 Å². The van der Waals surface area contributed by atoms with Gasteiger partial charge in [0.25, 0.3) is 5.91 Å². The second-order valence-electron chi connectivity index (χ2n) is 3.98. The van der Waals surface area contributed by atoms with E-state index >= 15 is 0 Å². The Morgan fingerprint density at radius 1 is 1.26 bits per heavy atom. The largest absolute Gasteiger partial charge is 0.382 e. The topological polar surface area (TPSA) is 80.9 Å². The van der Waals surface area contributed by atoms with E-state index in [1.807, 2.05) is 0 Å². The monoisotopic (exact) mass is 260 g/mol. The van der Waals surface area contributed by atoms with E-state index in [9.17, 15) is 9.18 Å². The molecule has 1 amide bonds. The number of hydrogen-bond acceptors (Lipinski definition) is 4. The Morgan fingerprint density at radius 2 is 2.11 bits per heavy atom. The first-order valence-corrected chi connectivity index (χ1v) is 5.77. The van der Waals surface area contributed by atoms with E-state index in [-0.39, 0.29) is 23.2 Å². The van der Waals surface area contributed by atoms with E-state index in [4.69, 9.17) is 5.73 Å². The summed E-state index contributed by atoms with van der Waals surface area (Å²) < 4.78 is 12.9. The second-order valence-corrected chi connectivity index (χ2v) is 3.98. The van der Waals surface area contributed by atoms with Crippen LogP contribution in [-0.2, 0) is 6.42 Å². The normalized spacial score (nSPS) is 10.2. The minimum Gasteiger partial charge on any atom is -0.382 e. The molecule has 0 aliphatic carbocycles. The van der Waals surface area contributed by atoms with Gasteiger partial charge in [-0.1, -0.05) is 12.1 Å². The van der Waals surface area contributed by atoms with Crippen LogP contribution in [0.3, 0.4) is 0 Å². The summed E-state index contributed by atoms with van der Waals surface area (Å²) in [6.45, 7) is 0.397. The molecule has 0 atom stereocenters. The molecular weight excluding hydrogens is 247 g/mol. The number of amides is 1. The van der Waals surface area contributed by atoms with E-state index in [2.05, 4.69) is 15.5 Å². The second kappa shape index (κ2) is 5.90. The summed E-state index contributed by atoms with van der Waals surface area (Å²) in [4.78, 5) is 11.7. The molecule has 1 aromatic carbocycles. The van der Waals surface area contributed by atoms with E-state index in [0.717, 1.165) is 5.56 Å². The molecule has 0 bridgehead atoms. The predicted molar refractivity (Wildman–Crippen MR) is 68.9 cm³/mol. The zero-order valence-corrected chi connectivity index (χ0v) is 10.1. The molecular formula is C13H13FN4O. The molecule has 19 heavy (non-hydrogen) atoms. The van der Waals surface area contributed by atoms with Gasteiger partial charge in [-0.3, -0.25) is 4.79 Å². The van der Waals surface area contributed by atoms with Crippen molar-refractivity contribution in [3.8, 4) is 0 Å². The maximum absolute atomic E-state index is 12.9. The van der Waals surface area contributed by atoms with Crippen molar-refractivity contribution in [3.05, 3.63) is 53.5 Å². The van der Waals surface area contributed by atoms with Crippen LogP contribution in [0.2, 0.25) is 0 Å². The maximum atomic E-state index is 12.9. The highest BCUT2D eigenvalue weighted by atomic mass is 19.1. The first kappa shape index (κ1) is 12.9. The summed E-state index contributed by atoms with van der Waals surface area (Å²) in [6.07, 6.45) is 0.548. The van der Waals surface area contributed by atoms with E-state index in [0.29, 0.717) is 13.0 Å². The number of anilines is 1. The third-order valence-corrected chi connectivity index (χ3v) is 2.51. The highest BCUT2D eigenvalue weighted by molar-refractivity contribution is 5.92. The van der Waals surface area contributed by atoms with Gasteiger partial charge in [0, 0.05) is 6.54 Å². The van der Waals surface area contributed by atoms with Crippen LogP contribution in [0.1, 0.15) is 16.1 Å². The summed E-state index contributed by atoms with van der Waals surface area (Å²) in [5.74, 6) is -0.353. The van der Waals surface area contributed by atoms with Gasteiger partial charge in [0.2, 0.25) is 0 Å². The Morgan fingerprint density at radius 3 is 2.79 bits per heavy atom. The van der Waals surface area contributed by atoms with Crippen molar-refractivity contribution in [1.82, 2.24) is 15.5 Å². The predicted octanol–water partition coefficient (Wildman–Crippen LogP) is 1.17. The summed E-state index contributed by atoms with van der Waals surface area (Å²) in [7, 11) is 0. The van der Waals surface area contributed by atoms with E-state index in [1.54, 1.807) is 12.1 Å². The summed E-state index contributed by atoms with van der Waals surface area (Å²) in [5, 5.41) is 9.95. The molecule has 1 heterocycles. The fourth-order valence-corrected chi connectivity index (χ4v) is 1.57. The fourth-order valence-electron chi connectivity index (χ4n) is 1.57. The van der Waals surface area contributed by atoms with Crippen molar-refractivity contribution in [1.29, 1.82) is 0 Å². The molecule has 2 rings (SSSR count). The zero-order chi connectivity index (χ0) is 13.7. The van der Waals surface area contributed by atoms with Crippen LogP contribution in [0.4, 0.5) is 10.2 Å². The van der Waals surface area contributed by atoms with Crippen molar-refractivity contribution in [2.75, 3.05) is 12.3 Å². The molecule has 0 fully saturated rings. The average molecular weight is 260 g/mol. The number of nitrogens with two attached hydrogens (primary N) is 1. The molecule has 0 saturated carbocycles. The lowest BCUT2D eigenvalue weighted by Gasteiger charge is -2.04. The lowest BCUT2D eigenvalue weighted by Crippen LogP contribution is -2.26. The molecule has 6 heteroatoms. The van der Waals surface area contributed by atoms with Crippen molar-refractivity contribution in [3.63, 3.8) is 0 Å². The van der Waals surface area contributed by atoms with Crippen LogP contribution in [0.5, 0.6) is 0 Å². The summed E-state index contributed by atoms with van der Waals surface area (Å²) >= 11 is 0. The lowest BCUT2D eigenvalue weighted by atomic mass is 10.1. The van der Waals surface area contributed by atoms with Gasteiger partial charge >= 0.3 is 0 Å². The first-order chi connectivity index (χ1) is 9.15. The number of halogens is 1. The quantitative estimate of drug-likeness (QED) is 0.864. The molecule has 3 N–H and O–H groups in total. The number of aromatic nitrogens is 2. The third-order valence-electron chi connectivity index (χ3n) is 2.51. The van der Waals surface area contributed by atoms with Gasteiger partial charge in [-0.25, -0.2) is 4.39 Å². The minimum absolute atomic E-state index is 0.202. The minimum atomic E-state index is -0.330. The zero-order valence-electron chi connectivity index (χ0n) is 10.1. The van der Waals surface area contributed by atoms with Crippen LogP contribution in [0.15, 0.2) is 36.4 Å². The molecule has 0 aliphatic heterocycles. The number of nitrogens with one attached hydrogen (secondary N) is 1. The molecule has 1 aromatic heterocycles. The van der Waals surface area contributed by atoms with Crippen molar-refractivity contribution in [2.24, 2.45) is 0 Å². The average Bonchev–Trinajstić information content (AvgIpc) is 2.39. The van der Waals surface area contributed by atoms with Crippen molar-refractivity contribution in [2.45, 2.75) is 6.42 Å². The number of rotatable bonds is 4. The van der Waals surface area contributed by atoms with Gasteiger partial charge in [0.1, 0.15) is 11.6 Å². The number of carbonyl (C=O) groups excluding carboxylic acids is 1. The molecule has 98 valence electrons. The Labute approximate surface area is 109 Å². The number of hydrogen-bond donors (Lipinski definition) is 2. The Bertz CT molecular complexity index is 571. The molecule has 5 nitrogen and oxygen atoms in total. The van der Waals surface area contributed by atoms with Crippen LogP contribution in [0.25, 0.3) is 0 Å². The number of nitrogens with zero attached hydrogens (tertiary/aromatic N) is 2. The van der Waals surface area contributed by atoms with Gasteiger partial charge in [-0.2, -0.15) is 0 Å². The highest BCUT2D eigenvalue weighted by Gasteiger charge is 2.06. The van der Waals surface area contributed by atoms with Gasteiger partial charge in [0.15, 0.2) is 5.69 Å². The van der Waals surface area contributed by atoms with Crippen molar-refractivity contribution < 1.29 is 9.18 Å². The molecule has 0 aliphatic rings. The Hall–Kier alpha value is -2.50. The summed E-state index contributed by atoms with van der Waals surface area (Å²) in [6, 6.07) is 9.27. The van der Waals surface area contributed by atoms with Gasteiger partial charge < -0.3 is 11.1 Å². The summed E-state index contributed by atoms with van der Waals surface area (Å²) in [5.41, 5.74) is 6.40.